The Balaban J connectivity index is 1.68. The van der Waals surface area contributed by atoms with Crippen LogP contribution >= 0.6 is 0 Å². The molecule has 1 heterocycles. The Morgan fingerprint density at radius 1 is 1.11 bits per heavy atom. The zero-order valence-electron chi connectivity index (χ0n) is 14.9. The molecule has 8 heteroatoms. The lowest BCUT2D eigenvalue weighted by Gasteiger charge is -2.18. The number of benzene rings is 2. The van der Waals surface area contributed by atoms with E-state index in [1.807, 2.05) is 0 Å². The van der Waals surface area contributed by atoms with Crippen molar-refractivity contribution in [2.24, 2.45) is 0 Å². The Morgan fingerprint density at radius 2 is 1.85 bits per heavy atom. The van der Waals surface area contributed by atoms with Crippen LogP contribution in [0.1, 0.15) is 17.5 Å². The summed E-state index contributed by atoms with van der Waals surface area (Å²) in [7, 11) is 3.30. The highest BCUT2D eigenvalue weighted by Gasteiger charge is 2.34. The molecule has 2 aromatic carbocycles. The van der Waals surface area contributed by atoms with Crippen molar-refractivity contribution in [3.8, 4) is 11.5 Å². The van der Waals surface area contributed by atoms with Crippen LogP contribution in [0, 0.1) is 0 Å². The number of aryl methyl sites for hydroxylation is 1. The van der Waals surface area contributed by atoms with E-state index in [-0.39, 0.29) is 18.9 Å². The normalized spacial score (nSPS) is 12.8. The Bertz CT molecular complexity index is 851. The number of alkyl halides is 3. The number of nitrogens with zero attached hydrogens (tertiary/aromatic N) is 1. The molecule has 1 aliphatic rings. The third-order valence-electron chi connectivity index (χ3n) is 4.18. The second-order valence-electron chi connectivity index (χ2n) is 6.36. The summed E-state index contributed by atoms with van der Waals surface area (Å²) >= 11 is 0. The molecule has 0 aliphatic carbocycles. The van der Waals surface area contributed by atoms with Gasteiger partial charge in [0, 0.05) is 26.2 Å². The van der Waals surface area contributed by atoms with Crippen molar-refractivity contribution in [1.82, 2.24) is 0 Å². The molecule has 1 amide bonds. The van der Waals surface area contributed by atoms with Gasteiger partial charge in [-0.05, 0) is 42.3 Å². The van der Waals surface area contributed by atoms with Gasteiger partial charge in [0.2, 0.25) is 12.7 Å². The minimum Gasteiger partial charge on any atom is -0.454 e. The highest BCUT2D eigenvalue weighted by molar-refractivity contribution is 5.92. The number of hydrogen-bond acceptors (Lipinski definition) is 4. The molecule has 0 unspecified atom stereocenters. The Hall–Kier alpha value is -2.90. The summed E-state index contributed by atoms with van der Waals surface area (Å²) in [5.74, 6) is 0.751. The van der Waals surface area contributed by atoms with Gasteiger partial charge in [-0.15, -0.1) is 0 Å². The molecule has 0 atom stereocenters. The van der Waals surface area contributed by atoms with Crippen LogP contribution in [0.2, 0.25) is 0 Å². The molecule has 0 saturated carbocycles. The van der Waals surface area contributed by atoms with Crippen LogP contribution in [-0.4, -0.2) is 26.8 Å². The smallest absolute Gasteiger partial charge is 0.418 e. The first-order chi connectivity index (χ1) is 12.7. The van der Waals surface area contributed by atoms with Crippen LogP contribution in [0.5, 0.6) is 11.5 Å². The van der Waals surface area contributed by atoms with E-state index in [2.05, 4.69) is 5.32 Å². The molecule has 0 radical (unpaired) electrons. The van der Waals surface area contributed by atoms with Crippen LogP contribution in [0.3, 0.4) is 0 Å². The molecule has 0 aromatic heterocycles. The highest BCUT2D eigenvalue weighted by atomic mass is 19.4. The summed E-state index contributed by atoms with van der Waals surface area (Å²) in [4.78, 5) is 13.7. The monoisotopic (exact) mass is 380 g/mol. The molecule has 1 N–H and O–H groups in total. The SMILES string of the molecule is CN(C)c1ccc(NC(=O)CCc2ccc3c(c2)OCO3)c(C(F)(F)F)c1. The summed E-state index contributed by atoms with van der Waals surface area (Å²) < 4.78 is 50.5. The van der Waals surface area contributed by atoms with Crippen molar-refractivity contribution in [3.05, 3.63) is 47.5 Å². The highest BCUT2D eigenvalue weighted by Crippen LogP contribution is 2.37. The maximum atomic E-state index is 13.3. The topological polar surface area (TPSA) is 50.8 Å². The Morgan fingerprint density at radius 3 is 2.56 bits per heavy atom. The van der Waals surface area contributed by atoms with Gasteiger partial charge < -0.3 is 19.7 Å². The van der Waals surface area contributed by atoms with Gasteiger partial charge in [-0.1, -0.05) is 6.07 Å². The van der Waals surface area contributed by atoms with E-state index in [4.69, 9.17) is 9.47 Å². The lowest BCUT2D eigenvalue weighted by atomic mass is 10.1. The minimum atomic E-state index is -4.56. The fourth-order valence-electron chi connectivity index (χ4n) is 2.72. The van der Waals surface area contributed by atoms with Gasteiger partial charge in [-0.2, -0.15) is 13.2 Å². The standard InChI is InChI=1S/C19H19F3N2O3/c1-24(2)13-5-6-15(14(10-13)19(20,21)22)23-18(25)8-4-12-3-7-16-17(9-12)27-11-26-16/h3,5-7,9-10H,4,8,11H2,1-2H3,(H,23,25). The van der Waals surface area contributed by atoms with E-state index >= 15 is 0 Å². The van der Waals surface area contributed by atoms with Gasteiger partial charge >= 0.3 is 6.18 Å². The number of halogens is 3. The summed E-state index contributed by atoms with van der Waals surface area (Å²) in [5.41, 5.74) is 0.128. The first-order valence-electron chi connectivity index (χ1n) is 8.31. The van der Waals surface area contributed by atoms with Crippen molar-refractivity contribution in [2.45, 2.75) is 19.0 Å². The second-order valence-corrected chi connectivity index (χ2v) is 6.36. The first kappa shape index (κ1) is 18.9. The Kier molecular flexibility index (Phi) is 5.16. The number of nitrogens with one attached hydrogen (secondary N) is 1. The van der Waals surface area contributed by atoms with E-state index in [1.54, 1.807) is 37.2 Å². The molecule has 1 aliphatic heterocycles. The number of ether oxygens (including phenoxy) is 2. The predicted molar refractivity (Wildman–Crippen MR) is 95.3 cm³/mol. The fourth-order valence-corrected chi connectivity index (χ4v) is 2.72. The largest absolute Gasteiger partial charge is 0.454 e. The van der Waals surface area contributed by atoms with Gasteiger partial charge in [0.1, 0.15) is 0 Å². The van der Waals surface area contributed by atoms with Crippen molar-refractivity contribution < 1.29 is 27.4 Å². The Labute approximate surface area is 154 Å². The van der Waals surface area contributed by atoms with Crippen LogP contribution in [0.25, 0.3) is 0 Å². The number of anilines is 2. The zero-order valence-corrected chi connectivity index (χ0v) is 14.9. The van der Waals surface area contributed by atoms with Crippen molar-refractivity contribution >= 4 is 17.3 Å². The quantitative estimate of drug-likeness (QED) is 0.850. The summed E-state index contributed by atoms with van der Waals surface area (Å²) in [5, 5.41) is 2.37. The van der Waals surface area contributed by atoms with Gasteiger partial charge in [-0.25, -0.2) is 0 Å². The summed E-state index contributed by atoms with van der Waals surface area (Å²) in [6.07, 6.45) is -4.14. The van der Waals surface area contributed by atoms with Gasteiger partial charge in [0.15, 0.2) is 11.5 Å². The molecule has 2 aromatic rings. The number of carbonyl (C=O) groups is 1. The van der Waals surface area contributed by atoms with E-state index < -0.39 is 17.6 Å². The first-order valence-corrected chi connectivity index (χ1v) is 8.31. The second kappa shape index (κ2) is 7.38. The molecule has 0 spiro atoms. The van der Waals surface area contributed by atoms with E-state index in [0.29, 0.717) is 23.6 Å². The number of hydrogen-bond donors (Lipinski definition) is 1. The van der Waals surface area contributed by atoms with Crippen LogP contribution in [0.15, 0.2) is 36.4 Å². The molecule has 5 nitrogen and oxygen atoms in total. The molecule has 0 bridgehead atoms. The lowest BCUT2D eigenvalue weighted by molar-refractivity contribution is -0.136. The molecule has 0 fully saturated rings. The van der Waals surface area contributed by atoms with Crippen molar-refractivity contribution in [3.63, 3.8) is 0 Å². The van der Waals surface area contributed by atoms with Gasteiger partial charge in [0.05, 0.1) is 11.3 Å². The van der Waals surface area contributed by atoms with Gasteiger partial charge in [-0.3, -0.25) is 4.79 Å². The molecular weight excluding hydrogens is 361 g/mol. The predicted octanol–water partition coefficient (Wildman–Crippen LogP) is 4.07. The number of rotatable bonds is 5. The summed E-state index contributed by atoms with van der Waals surface area (Å²) in [6.45, 7) is 0.155. The molecule has 144 valence electrons. The van der Waals surface area contributed by atoms with E-state index in [0.717, 1.165) is 11.6 Å². The van der Waals surface area contributed by atoms with Crippen LogP contribution in [-0.2, 0) is 17.4 Å². The zero-order chi connectivity index (χ0) is 19.6. The molecular formula is C19H19F3N2O3. The number of carbonyl (C=O) groups excluding carboxylic acids is 1. The van der Waals surface area contributed by atoms with E-state index in [9.17, 15) is 18.0 Å². The molecule has 3 rings (SSSR count). The molecule has 27 heavy (non-hydrogen) atoms. The fraction of sp³-hybridized carbons (Fsp3) is 0.316. The van der Waals surface area contributed by atoms with Gasteiger partial charge in [0.25, 0.3) is 0 Å². The van der Waals surface area contributed by atoms with Crippen LogP contribution < -0.4 is 19.7 Å². The maximum Gasteiger partial charge on any atom is 0.418 e. The minimum absolute atomic E-state index is 0.0480. The average Bonchev–Trinajstić information content (AvgIpc) is 3.07. The number of fused-ring (bicyclic) bond motifs is 1. The van der Waals surface area contributed by atoms with Crippen molar-refractivity contribution in [2.75, 3.05) is 31.1 Å². The average molecular weight is 380 g/mol. The van der Waals surface area contributed by atoms with E-state index in [1.165, 1.54) is 12.1 Å². The van der Waals surface area contributed by atoms with Crippen LogP contribution in [0.4, 0.5) is 24.5 Å². The maximum absolute atomic E-state index is 13.3. The summed E-state index contributed by atoms with van der Waals surface area (Å²) in [6, 6.07) is 9.14. The molecule has 0 saturated heterocycles. The lowest BCUT2D eigenvalue weighted by Crippen LogP contribution is -2.18. The van der Waals surface area contributed by atoms with Crippen molar-refractivity contribution in [1.29, 1.82) is 0 Å². The third kappa shape index (κ3) is 4.45. The third-order valence-corrected chi connectivity index (χ3v) is 4.18. The number of amides is 1.